The highest BCUT2D eigenvalue weighted by molar-refractivity contribution is 9.10. The third-order valence-electron chi connectivity index (χ3n) is 2.29. The van der Waals surface area contributed by atoms with Crippen LogP contribution in [0.15, 0.2) is 34.9 Å². The van der Waals surface area contributed by atoms with E-state index in [9.17, 15) is 13.6 Å². The van der Waals surface area contributed by atoms with Crippen molar-refractivity contribution in [2.45, 2.75) is 0 Å². The molecule has 0 aliphatic rings. The second kappa shape index (κ2) is 5.31. The lowest BCUT2D eigenvalue weighted by atomic mass is 10.2. The van der Waals surface area contributed by atoms with Crippen LogP contribution in [0, 0.1) is 11.6 Å². The average molecular weight is 328 g/mol. The van der Waals surface area contributed by atoms with E-state index >= 15 is 0 Å². The molecule has 0 saturated carbocycles. The number of hydrogen-bond acceptors (Lipinski definition) is 3. The molecule has 0 unspecified atom stereocenters. The van der Waals surface area contributed by atoms with Gasteiger partial charge < -0.3 is 11.1 Å². The monoisotopic (exact) mass is 327 g/mol. The first-order valence-corrected chi connectivity index (χ1v) is 5.94. The fourth-order valence-corrected chi connectivity index (χ4v) is 1.59. The minimum absolute atomic E-state index is 0.102. The molecular weight excluding hydrogens is 320 g/mol. The van der Waals surface area contributed by atoms with Gasteiger partial charge in [-0.15, -0.1) is 0 Å². The average Bonchev–Trinajstić information content (AvgIpc) is 2.36. The molecule has 0 aliphatic carbocycles. The zero-order valence-corrected chi connectivity index (χ0v) is 11.0. The quantitative estimate of drug-likeness (QED) is 0.833. The standard InChI is InChI=1S/C12H8BrF2N3O/c13-6-1-2-10(17-5-6)12(19)18-11-4-9(16)7(14)3-8(11)15/h1-5H,16H2,(H,18,19). The van der Waals surface area contributed by atoms with Crippen LogP contribution >= 0.6 is 15.9 Å². The molecule has 0 saturated heterocycles. The van der Waals surface area contributed by atoms with Crippen molar-refractivity contribution in [1.82, 2.24) is 4.98 Å². The highest BCUT2D eigenvalue weighted by Crippen LogP contribution is 2.21. The normalized spacial score (nSPS) is 10.3. The number of amides is 1. The topological polar surface area (TPSA) is 68.0 Å². The molecule has 0 aliphatic heterocycles. The summed E-state index contributed by atoms with van der Waals surface area (Å²) >= 11 is 3.18. The summed E-state index contributed by atoms with van der Waals surface area (Å²) in [4.78, 5) is 15.6. The maximum atomic E-state index is 13.4. The van der Waals surface area contributed by atoms with Crippen molar-refractivity contribution >= 4 is 33.2 Å². The van der Waals surface area contributed by atoms with Gasteiger partial charge in [-0.3, -0.25) is 4.79 Å². The lowest BCUT2D eigenvalue weighted by molar-refractivity contribution is 0.102. The molecular formula is C12H8BrF2N3O. The van der Waals surface area contributed by atoms with E-state index in [1.54, 1.807) is 6.07 Å². The number of nitrogens with zero attached hydrogens (tertiary/aromatic N) is 1. The van der Waals surface area contributed by atoms with Crippen molar-refractivity contribution in [3.63, 3.8) is 0 Å². The predicted molar refractivity (Wildman–Crippen MR) is 70.7 cm³/mol. The molecule has 1 aromatic carbocycles. The van der Waals surface area contributed by atoms with Gasteiger partial charge in [-0.2, -0.15) is 0 Å². The van der Waals surface area contributed by atoms with Gasteiger partial charge in [0, 0.05) is 16.7 Å². The van der Waals surface area contributed by atoms with Gasteiger partial charge in [0.15, 0.2) is 0 Å². The van der Waals surface area contributed by atoms with Gasteiger partial charge in [0.25, 0.3) is 5.91 Å². The van der Waals surface area contributed by atoms with Gasteiger partial charge >= 0.3 is 0 Å². The SMILES string of the molecule is Nc1cc(NC(=O)c2ccc(Br)cn2)c(F)cc1F. The number of nitrogens with one attached hydrogen (secondary N) is 1. The summed E-state index contributed by atoms with van der Waals surface area (Å²) in [7, 11) is 0. The van der Waals surface area contributed by atoms with Crippen LogP contribution < -0.4 is 11.1 Å². The summed E-state index contributed by atoms with van der Waals surface area (Å²) < 4.78 is 27.1. The Kier molecular flexibility index (Phi) is 3.75. The van der Waals surface area contributed by atoms with Crippen molar-refractivity contribution in [1.29, 1.82) is 0 Å². The van der Waals surface area contributed by atoms with Crippen LogP contribution in [-0.2, 0) is 0 Å². The maximum absolute atomic E-state index is 13.4. The molecule has 19 heavy (non-hydrogen) atoms. The van der Waals surface area contributed by atoms with Gasteiger partial charge in [0.1, 0.15) is 17.3 Å². The Balaban J connectivity index is 2.24. The van der Waals surface area contributed by atoms with Crippen LogP contribution in [0.4, 0.5) is 20.2 Å². The number of hydrogen-bond donors (Lipinski definition) is 2. The summed E-state index contributed by atoms with van der Waals surface area (Å²) in [5.74, 6) is -2.40. The minimum atomic E-state index is -0.905. The number of carbonyl (C=O) groups is 1. The molecule has 0 fully saturated rings. The molecule has 2 rings (SSSR count). The number of carbonyl (C=O) groups excluding carboxylic acids is 1. The Hall–Kier alpha value is -2.02. The highest BCUT2D eigenvalue weighted by atomic mass is 79.9. The minimum Gasteiger partial charge on any atom is -0.396 e. The van der Waals surface area contributed by atoms with Crippen molar-refractivity contribution in [3.05, 3.63) is 52.3 Å². The molecule has 98 valence electrons. The molecule has 2 aromatic rings. The van der Waals surface area contributed by atoms with Crippen LogP contribution in [0.1, 0.15) is 10.5 Å². The zero-order valence-electron chi connectivity index (χ0n) is 9.45. The molecule has 1 aromatic heterocycles. The smallest absolute Gasteiger partial charge is 0.274 e. The number of anilines is 2. The summed E-state index contributed by atoms with van der Waals surface area (Å²) in [5.41, 5.74) is 4.96. The van der Waals surface area contributed by atoms with Crippen molar-refractivity contribution < 1.29 is 13.6 Å². The molecule has 0 radical (unpaired) electrons. The molecule has 7 heteroatoms. The van der Waals surface area contributed by atoms with Crippen LogP contribution in [-0.4, -0.2) is 10.9 Å². The Morgan fingerprint density at radius 3 is 2.63 bits per heavy atom. The third-order valence-corrected chi connectivity index (χ3v) is 2.76. The summed E-state index contributed by atoms with van der Waals surface area (Å²) in [6.07, 6.45) is 1.43. The van der Waals surface area contributed by atoms with Crippen molar-refractivity contribution in [2.24, 2.45) is 0 Å². The second-order valence-corrected chi connectivity index (χ2v) is 4.59. The first kappa shape index (κ1) is 13.4. The second-order valence-electron chi connectivity index (χ2n) is 3.67. The van der Waals surface area contributed by atoms with E-state index in [-0.39, 0.29) is 17.1 Å². The van der Waals surface area contributed by atoms with Gasteiger partial charge in [0.2, 0.25) is 0 Å². The molecule has 4 nitrogen and oxygen atoms in total. The van der Waals surface area contributed by atoms with E-state index in [1.165, 1.54) is 12.3 Å². The van der Waals surface area contributed by atoms with Crippen molar-refractivity contribution in [2.75, 3.05) is 11.1 Å². The number of rotatable bonds is 2. The number of nitrogen functional groups attached to an aromatic ring is 1. The highest BCUT2D eigenvalue weighted by Gasteiger charge is 2.13. The summed E-state index contributed by atoms with van der Waals surface area (Å²) in [6.45, 7) is 0. The lowest BCUT2D eigenvalue weighted by Crippen LogP contribution is -2.15. The van der Waals surface area contributed by atoms with Crippen molar-refractivity contribution in [3.8, 4) is 0 Å². The van der Waals surface area contributed by atoms with Crippen LogP contribution in [0.5, 0.6) is 0 Å². The lowest BCUT2D eigenvalue weighted by Gasteiger charge is -2.07. The van der Waals surface area contributed by atoms with Crippen LogP contribution in [0.3, 0.4) is 0 Å². The summed E-state index contributed by atoms with van der Waals surface area (Å²) in [6, 6.07) is 4.71. The zero-order chi connectivity index (χ0) is 14.0. The van der Waals surface area contributed by atoms with Gasteiger partial charge in [0.05, 0.1) is 11.4 Å². The van der Waals surface area contributed by atoms with Gasteiger partial charge in [-0.05, 0) is 34.1 Å². The third kappa shape index (κ3) is 3.05. The molecule has 0 spiro atoms. The van der Waals surface area contributed by atoms with E-state index in [2.05, 4.69) is 26.2 Å². The Morgan fingerprint density at radius 1 is 1.26 bits per heavy atom. The predicted octanol–water partition coefficient (Wildman–Crippen LogP) is 2.96. The molecule has 3 N–H and O–H groups in total. The first-order chi connectivity index (χ1) is 8.97. The van der Waals surface area contributed by atoms with E-state index < -0.39 is 17.5 Å². The molecule has 0 bridgehead atoms. The number of aromatic nitrogens is 1. The Morgan fingerprint density at radius 2 is 2.00 bits per heavy atom. The largest absolute Gasteiger partial charge is 0.396 e. The first-order valence-electron chi connectivity index (χ1n) is 5.15. The Bertz CT molecular complexity index is 632. The van der Waals surface area contributed by atoms with E-state index in [4.69, 9.17) is 5.73 Å². The Labute approximate surface area is 115 Å². The maximum Gasteiger partial charge on any atom is 0.274 e. The number of pyridine rings is 1. The summed E-state index contributed by atoms with van der Waals surface area (Å²) in [5, 5.41) is 2.28. The number of halogens is 3. The van der Waals surface area contributed by atoms with Crippen LogP contribution in [0.2, 0.25) is 0 Å². The fraction of sp³-hybridized carbons (Fsp3) is 0. The number of benzene rings is 1. The van der Waals surface area contributed by atoms with Gasteiger partial charge in [-0.1, -0.05) is 0 Å². The van der Waals surface area contributed by atoms with E-state index in [0.29, 0.717) is 10.5 Å². The van der Waals surface area contributed by atoms with E-state index in [1.807, 2.05) is 0 Å². The number of nitrogens with two attached hydrogens (primary N) is 1. The van der Waals surface area contributed by atoms with E-state index in [0.717, 1.165) is 6.07 Å². The van der Waals surface area contributed by atoms with Crippen LogP contribution in [0.25, 0.3) is 0 Å². The molecule has 1 amide bonds. The molecule has 1 heterocycles. The fourth-order valence-electron chi connectivity index (χ4n) is 1.36. The molecule has 0 atom stereocenters. The van der Waals surface area contributed by atoms with Gasteiger partial charge in [-0.25, -0.2) is 13.8 Å².